The summed E-state index contributed by atoms with van der Waals surface area (Å²) in [5, 5.41) is 7.85. The summed E-state index contributed by atoms with van der Waals surface area (Å²) in [7, 11) is 3.94. The largest absolute Gasteiger partial charge is 0.417 e. The maximum Gasteiger partial charge on any atom is 0.417 e. The fourth-order valence-electron chi connectivity index (χ4n) is 4.03. The van der Waals surface area contributed by atoms with Crippen molar-refractivity contribution in [3.63, 3.8) is 0 Å². The number of carbonyl (C=O) groups is 1. The summed E-state index contributed by atoms with van der Waals surface area (Å²) in [6, 6.07) is 18.9. The zero-order chi connectivity index (χ0) is 26.6. The number of amides is 1. The Morgan fingerprint density at radius 1 is 0.973 bits per heavy atom. The van der Waals surface area contributed by atoms with Gasteiger partial charge in [-0.3, -0.25) is 4.79 Å². The number of aromatic nitrogens is 2. The number of carbonyl (C=O) groups excluding carboxylic acids is 1. The van der Waals surface area contributed by atoms with E-state index in [-0.39, 0.29) is 17.2 Å². The average Bonchev–Trinajstić information content (AvgIpc) is 3.31. The van der Waals surface area contributed by atoms with Gasteiger partial charge in [0.05, 0.1) is 23.1 Å². The van der Waals surface area contributed by atoms with Gasteiger partial charge < -0.3 is 10.2 Å². The van der Waals surface area contributed by atoms with Crippen molar-refractivity contribution in [2.45, 2.75) is 12.6 Å². The Kier molecular flexibility index (Phi) is 8.00. The molecule has 3 aromatic carbocycles. The van der Waals surface area contributed by atoms with E-state index in [4.69, 9.17) is 11.6 Å². The van der Waals surface area contributed by atoms with Gasteiger partial charge in [0.1, 0.15) is 0 Å². The van der Waals surface area contributed by atoms with Crippen LogP contribution >= 0.6 is 11.6 Å². The summed E-state index contributed by atoms with van der Waals surface area (Å²) >= 11 is 6.03. The number of benzene rings is 3. The van der Waals surface area contributed by atoms with E-state index in [1.165, 1.54) is 23.0 Å². The number of nitrogens with one attached hydrogen (secondary N) is 1. The molecule has 0 unspecified atom stereocenters. The molecule has 4 aromatic rings. The summed E-state index contributed by atoms with van der Waals surface area (Å²) < 4.78 is 43.4. The molecule has 0 aliphatic heterocycles. The first-order valence-corrected chi connectivity index (χ1v) is 12.1. The van der Waals surface area contributed by atoms with Crippen LogP contribution in [0.25, 0.3) is 28.1 Å². The highest BCUT2D eigenvalue weighted by Gasteiger charge is 2.35. The Morgan fingerprint density at radius 3 is 2.30 bits per heavy atom. The molecule has 1 amide bonds. The van der Waals surface area contributed by atoms with Crippen molar-refractivity contribution in [3.8, 4) is 28.1 Å². The molecule has 0 bridgehead atoms. The van der Waals surface area contributed by atoms with Crippen LogP contribution in [0.5, 0.6) is 0 Å². The summed E-state index contributed by atoms with van der Waals surface area (Å²) in [6.45, 7) is 1.40. The van der Waals surface area contributed by atoms with Crippen LogP contribution in [0, 0.1) is 0 Å². The minimum absolute atomic E-state index is 0.000150. The van der Waals surface area contributed by atoms with E-state index in [1.807, 2.05) is 19.0 Å². The van der Waals surface area contributed by atoms with Crippen molar-refractivity contribution >= 4 is 17.5 Å². The van der Waals surface area contributed by atoms with Crippen LogP contribution in [-0.2, 0) is 6.18 Å². The Bertz CT molecular complexity index is 1360. The van der Waals surface area contributed by atoms with Crippen molar-refractivity contribution in [3.05, 3.63) is 95.1 Å². The maximum absolute atomic E-state index is 14.0. The third-order valence-electron chi connectivity index (χ3n) is 5.85. The lowest BCUT2D eigenvalue weighted by Crippen LogP contribution is -2.27. The zero-order valence-electron chi connectivity index (χ0n) is 20.4. The Balaban J connectivity index is 1.73. The summed E-state index contributed by atoms with van der Waals surface area (Å²) in [5.41, 5.74) is 1.71. The molecule has 0 radical (unpaired) electrons. The van der Waals surface area contributed by atoms with Crippen LogP contribution < -0.4 is 5.32 Å². The molecule has 9 heteroatoms. The second-order valence-corrected chi connectivity index (χ2v) is 9.26. The molecule has 1 heterocycles. The molecule has 0 aliphatic rings. The lowest BCUT2D eigenvalue weighted by molar-refractivity contribution is -0.137. The molecular formula is C28H26ClF3N4O. The number of hydrogen-bond acceptors (Lipinski definition) is 3. The third kappa shape index (κ3) is 6.21. The van der Waals surface area contributed by atoms with Gasteiger partial charge in [-0.1, -0.05) is 41.9 Å². The van der Waals surface area contributed by atoms with Gasteiger partial charge in [0.15, 0.2) is 0 Å². The topological polar surface area (TPSA) is 50.2 Å². The molecule has 0 spiro atoms. The lowest BCUT2D eigenvalue weighted by atomic mass is 9.97. The van der Waals surface area contributed by atoms with Crippen LogP contribution in [0.3, 0.4) is 0 Å². The molecular weight excluding hydrogens is 501 g/mol. The van der Waals surface area contributed by atoms with Gasteiger partial charge in [0.2, 0.25) is 0 Å². The Hall–Kier alpha value is -3.62. The average molecular weight is 527 g/mol. The van der Waals surface area contributed by atoms with Crippen LogP contribution in [0.4, 0.5) is 13.2 Å². The first-order valence-electron chi connectivity index (χ1n) is 11.7. The molecule has 0 fully saturated rings. The summed E-state index contributed by atoms with van der Waals surface area (Å²) in [4.78, 5) is 14.6. The smallest absolute Gasteiger partial charge is 0.352 e. The second kappa shape index (κ2) is 11.2. The van der Waals surface area contributed by atoms with Crippen LogP contribution in [0.15, 0.2) is 79.0 Å². The molecule has 37 heavy (non-hydrogen) atoms. The van der Waals surface area contributed by atoms with Crippen LogP contribution in [-0.4, -0.2) is 47.8 Å². The van der Waals surface area contributed by atoms with E-state index in [2.05, 4.69) is 10.4 Å². The first-order chi connectivity index (χ1) is 17.6. The molecule has 4 rings (SSSR count). The second-order valence-electron chi connectivity index (χ2n) is 8.83. The summed E-state index contributed by atoms with van der Waals surface area (Å²) in [6.07, 6.45) is -2.20. The summed E-state index contributed by atoms with van der Waals surface area (Å²) in [5.74, 6) is -0.213. The number of alkyl halides is 3. The van der Waals surface area contributed by atoms with Gasteiger partial charge in [0.25, 0.3) is 5.91 Å². The minimum atomic E-state index is -4.56. The van der Waals surface area contributed by atoms with Crippen molar-refractivity contribution < 1.29 is 18.0 Å². The molecule has 1 aromatic heterocycles. The molecule has 192 valence electrons. The van der Waals surface area contributed by atoms with Crippen LogP contribution in [0.2, 0.25) is 5.02 Å². The molecule has 0 saturated heterocycles. The number of halogens is 4. The fourth-order valence-corrected chi connectivity index (χ4v) is 4.16. The number of nitrogens with zero attached hydrogens (tertiary/aromatic N) is 3. The van der Waals surface area contributed by atoms with E-state index >= 15 is 0 Å². The fraction of sp³-hybridized carbons (Fsp3) is 0.214. The van der Waals surface area contributed by atoms with E-state index < -0.39 is 11.7 Å². The Morgan fingerprint density at radius 2 is 1.65 bits per heavy atom. The normalized spacial score (nSPS) is 11.6. The molecule has 0 saturated carbocycles. The van der Waals surface area contributed by atoms with Crippen molar-refractivity contribution in [2.24, 2.45) is 0 Å². The predicted octanol–water partition coefficient (Wildman–Crippen LogP) is 6.56. The van der Waals surface area contributed by atoms with Gasteiger partial charge in [-0.2, -0.15) is 18.3 Å². The van der Waals surface area contributed by atoms with E-state index in [9.17, 15) is 18.0 Å². The van der Waals surface area contributed by atoms with Gasteiger partial charge >= 0.3 is 6.18 Å². The van der Waals surface area contributed by atoms with Crippen molar-refractivity contribution in [1.82, 2.24) is 20.0 Å². The van der Waals surface area contributed by atoms with Gasteiger partial charge in [0, 0.05) is 28.3 Å². The Labute approximate surface area is 218 Å². The molecule has 0 aliphatic carbocycles. The van der Waals surface area contributed by atoms with Gasteiger partial charge in [-0.25, -0.2) is 4.68 Å². The first kappa shape index (κ1) is 26.4. The molecule has 5 nitrogen and oxygen atoms in total. The van der Waals surface area contributed by atoms with E-state index in [0.29, 0.717) is 33.9 Å². The van der Waals surface area contributed by atoms with Crippen molar-refractivity contribution in [2.75, 3.05) is 27.2 Å². The highest BCUT2D eigenvalue weighted by atomic mass is 35.5. The quantitative estimate of drug-likeness (QED) is 0.264. The van der Waals surface area contributed by atoms with Crippen LogP contribution in [0.1, 0.15) is 22.3 Å². The van der Waals surface area contributed by atoms with E-state index in [0.717, 1.165) is 19.0 Å². The highest BCUT2D eigenvalue weighted by molar-refractivity contribution is 6.30. The third-order valence-corrected chi connectivity index (χ3v) is 6.11. The molecule has 1 N–H and O–H groups in total. The minimum Gasteiger partial charge on any atom is -0.352 e. The predicted molar refractivity (Wildman–Crippen MR) is 140 cm³/mol. The maximum atomic E-state index is 14.0. The number of rotatable bonds is 8. The zero-order valence-corrected chi connectivity index (χ0v) is 21.1. The van der Waals surface area contributed by atoms with Gasteiger partial charge in [-0.05, 0) is 75.1 Å². The van der Waals surface area contributed by atoms with Gasteiger partial charge in [-0.15, -0.1) is 0 Å². The lowest BCUT2D eigenvalue weighted by Gasteiger charge is -2.16. The highest BCUT2D eigenvalue weighted by Crippen LogP contribution is 2.41. The standard InChI is InChI=1S/C28H26ClF3N4O/c1-35(2)17-5-16-33-27(37)20-10-14-22(15-11-20)36-26(23-6-3-4-7-25(23)28(30,31)32)24(18-34-36)19-8-12-21(29)13-9-19/h3-4,6-15,18H,5,16-17H2,1-2H3,(H,33,37). The van der Waals surface area contributed by atoms with Crippen molar-refractivity contribution in [1.29, 1.82) is 0 Å². The molecule has 0 atom stereocenters. The van der Waals surface area contributed by atoms with E-state index in [1.54, 1.807) is 54.6 Å². The SMILES string of the molecule is CN(C)CCCNC(=O)c1ccc(-n2ncc(-c3ccc(Cl)cc3)c2-c2ccccc2C(F)(F)F)cc1. The number of hydrogen-bond donors (Lipinski definition) is 1. The monoisotopic (exact) mass is 526 g/mol.